The summed E-state index contributed by atoms with van der Waals surface area (Å²) in [4.78, 5) is 38.0. The molecular weight excluding hydrogens is 354 g/mol. The van der Waals surface area contributed by atoms with Crippen molar-refractivity contribution >= 4 is 35.2 Å². The van der Waals surface area contributed by atoms with E-state index in [1.54, 1.807) is 42.5 Å². The molecule has 0 radical (unpaired) electrons. The van der Waals surface area contributed by atoms with Gasteiger partial charge >= 0.3 is 5.97 Å². The number of thioether (sulfide) groups is 1. The van der Waals surface area contributed by atoms with Crippen LogP contribution in [0.15, 0.2) is 53.4 Å². The van der Waals surface area contributed by atoms with Gasteiger partial charge < -0.3 is 9.84 Å². The second-order valence-electron chi connectivity index (χ2n) is 5.61. The Labute approximate surface area is 154 Å². The second-order valence-corrected chi connectivity index (χ2v) is 6.85. The smallest absolute Gasteiger partial charge is 0.336 e. The van der Waals surface area contributed by atoms with E-state index in [0.717, 1.165) is 16.7 Å². The third-order valence-corrected chi connectivity index (χ3v) is 5.16. The summed E-state index contributed by atoms with van der Waals surface area (Å²) in [5, 5.41) is 8.63. The van der Waals surface area contributed by atoms with Crippen LogP contribution in [0.1, 0.15) is 23.7 Å². The number of carbonyl (C=O) groups excluding carboxylic acids is 2. The number of carboxylic acids is 1. The summed E-state index contributed by atoms with van der Waals surface area (Å²) in [5.74, 6) is -1.04. The molecule has 3 rings (SSSR count). The predicted octanol–water partition coefficient (Wildman–Crippen LogP) is 3.21. The van der Waals surface area contributed by atoms with Crippen LogP contribution in [0.5, 0.6) is 5.75 Å². The first-order valence-electron chi connectivity index (χ1n) is 8.10. The number of benzene rings is 2. The van der Waals surface area contributed by atoms with Crippen LogP contribution in [0.4, 0.5) is 5.69 Å². The average molecular weight is 371 g/mol. The minimum atomic E-state index is -1.06. The molecule has 1 aliphatic heterocycles. The number of anilines is 1. The first-order valence-corrected chi connectivity index (χ1v) is 8.98. The van der Waals surface area contributed by atoms with Gasteiger partial charge in [0.25, 0.3) is 0 Å². The third kappa shape index (κ3) is 3.57. The van der Waals surface area contributed by atoms with Crippen molar-refractivity contribution in [1.29, 1.82) is 0 Å². The molecule has 1 N–H and O–H groups in total. The van der Waals surface area contributed by atoms with Crippen LogP contribution in [-0.4, -0.2) is 34.7 Å². The summed E-state index contributed by atoms with van der Waals surface area (Å²) in [6.45, 7) is 2.40. The van der Waals surface area contributed by atoms with Gasteiger partial charge in [0.2, 0.25) is 11.8 Å². The van der Waals surface area contributed by atoms with Crippen LogP contribution in [0, 0.1) is 0 Å². The van der Waals surface area contributed by atoms with Crippen LogP contribution in [0.25, 0.3) is 0 Å². The van der Waals surface area contributed by atoms with Crippen molar-refractivity contribution in [3.05, 3.63) is 54.1 Å². The zero-order chi connectivity index (χ0) is 18.7. The van der Waals surface area contributed by atoms with Gasteiger partial charge in [0.1, 0.15) is 5.75 Å². The fourth-order valence-corrected chi connectivity index (χ4v) is 3.90. The maximum atomic E-state index is 12.7. The van der Waals surface area contributed by atoms with E-state index < -0.39 is 11.2 Å². The molecule has 2 aromatic rings. The van der Waals surface area contributed by atoms with Crippen molar-refractivity contribution in [3.8, 4) is 5.75 Å². The third-order valence-electron chi connectivity index (χ3n) is 3.90. The van der Waals surface area contributed by atoms with Crippen LogP contribution < -0.4 is 9.64 Å². The van der Waals surface area contributed by atoms with Gasteiger partial charge in [0.05, 0.1) is 23.1 Å². The van der Waals surface area contributed by atoms with Crippen LogP contribution in [0.3, 0.4) is 0 Å². The first kappa shape index (κ1) is 18.0. The highest BCUT2D eigenvalue weighted by molar-refractivity contribution is 8.00. The van der Waals surface area contributed by atoms with Gasteiger partial charge in [-0.05, 0) is 43.3 Å². The Bertz CT molecular complexity index is 849. The summed E-state index contributed by atoms with van der Waals surface area (Å²) in [6.07, 6.45) is 0.0324. The monoisotopic (exact) mass is 371 g/mol. The van der Waals surface area contributed by atoms with E-state index in [9.17, 15) is 19.5 Å². The van der Waals surface area contributed by atoms with Crippen molar-refractivity contribution in [2.24, 2.45) is 0 Å². The topological polar surface area (TPSA) is 83.9 Å². The second kappa shape index (κ2) is 7.61. The van der Waals surface area contributed by atoms with Gasteiger partial charge in [0.15, 0.2) is 0 Å². The zero-order valence-corrected chi connectivity index (χ0v) is 14.9. The van der Waals surface area contributed by atoms with Gasteiger partial charge in [-0.3, -0.25) is 9.59 Å². The van der Waals surface area contributed by atoms with Crippen molar-refractivity contribution in [3.63, 3.8) is 0 Å². The van der Waals surface area contributed by atoms with E-state index in [-0.39, 0.29) is 23.8 Å². The number of carboxylic acid groups (broad SMARTS) is 1. The molecule has 0 aliphatic carbocycles. The molecule has 1 saturated heterocycles. The van der Waals surface area contributed by atoms with Gasteiger partial charge in [-0.25, -0.2) is 9.69 Å². The first-order chi connectivity index (χ1) is 12.5. The lowest BCUT2D eigenvalue weighted by atomic mass is 10.2. The summed E-state index contributed by atoms with van der Waals surface area (Å²) in [7, 11) is 0. The molecule has 0 unspecified atom stereocenters. The molecule has 6 nitrogen and oxygen atoms in total. The molecule has 2 aromatic carbocycles. The Balaban J connectivity index is 1.80. The van der Waals surface area contributed by atoms with E-state index in [0.29, 0.717) is 22.9 Å². The van der Waals surface area contributed by atoms with Gasteiger partial charge in [-0.2, -0.15) is 0 Å². The SMILES string of the molecule is CCOc1ccc(N2C(=O)C[C@@H](Sc3ccccc3C(=O)O)C2=O)cc1. The van der Waals surface area contributed by atoms with Gasteiger partial charge in [-0.1, -0.05) is 12.1 Å². The van der Waals surface area contributed by atoms with E-state index in [2.05, 4.69) is 0 Å². The number of nitrogens with zero attached hydrogens (tertiary/aromatic N) is 1. The molecule has 1 heterocycles. The molecule has 1 fully saturated rings. The average Bonchev–Trinajstić information content (AvgIpc) is 2.90. The van der Waals surface area contributed by atoms with E-state index in [4.69, 9.17) is 4.74 Å². The molecule has 2 amide bonds. The van der Waals surface area contributed by atoms with E-state index in [1.165, 1.54) is 6.07 Å². The Morgan fingerprint density at radius 1 is 1.19 bits per heavy atom. The molecule has 0 bridgehead atoms. The lowest BCUT2D eigenvalue weighted by Crippen LogP contribution is -2.31. The van der Waals surface area contributed by atoms with Gasteiger partial charge in [0, 0.05) is 11.3 Å². The van der Waals surface area contributed by atoms with Gasteiger partial charge in [-0.15, -0.1) is 11.8 Å². The molecule has 0 spiro atoms. The maximum absolute atomic E-state index is 12.7. The zero-order valence-electron chi connectivity index (χ0n) is 14.0. The molecule has 1 aliphatic rings. The molecule has 1 atom stereocenters. The van der Waals surface area contributed by atoms with Crippen molar-refractivity contribution < 1.29 is 24.2 Å². The minimum Gasteiger partial charge on any atom is -0.494 e. The molecule has 26 heavy (non-hydrogen) atoms. The maximum Gasteiger partial charge on any atom is 0.336 e. The fraction of sp³-hybridized carbons (Fsp3) is 0.211. The number of carbonyl (C=O) groups is 3. The lowest BCUT2D eigenvalue weighted by Gasteiger charge is -2.16. The molecule has 7 heteroatoms. The summed E-state index contributed by atoms with van der Waals surface area (Å²) >= 11 is 1.11. The van der Waals surface area contributed by atoms with Crippen molar-refractivity contribution in [2.75, 3.05) is 11.5 Å². The molecule has 0 aromatic heterocycles. The number of hydrogen-bond acceptors (Lipinski definition) is 5. The minimum absolute atomic E-state index is 0.0324. The van der Waals surface area contributed by atoms with Crippen LogP contribution >= 0.6 is 11.8 Å². The highest BCUT2D eigenvalue weighted by atomic mass is 32.2. The molecule has 134 valence electrons. The summed E-state index contributed by atoms with van der Waals surface area (Å²) < 4.78 is 5.36. The summed E-state index contributed by atoms with van der Waals surface area (Å²) in [5.41, 5.74) is 0.607. The predicted molar refractivity (Wildman–Crippen MR) is 97.8 cm³/mol. The number of amides is 2. The Kier molecular flexibility index (Phi) is 5.27. The van der Waals surface area contributed by atoms with Crippen LogP contribution in [0.2, 0.25) is 0 Å². The lowest BCUT2D eigenvalue weighted by molar-refractivity contribution is -0.121. The Morgan fingerprint density at radius 2 is 1.88 bits per heavy atom. The summed E-state index contributed by atoms with van der Waals surface area (Å²) in [6, 6.07) is 13.2. The number of aromatic carboxylic acids is 1. The highest BCUT2D eigenvalue weighted by Crippen LogP contribution is 2.35. The normalized spacial score (nSPS) is 16.8. The Hall–Kier alpha value is -2.80. The van der Waals surface area contributed by atoms with Crippen LogP contribution in [-0.2, 0) is 9.59 Å². The largest absolute Gasteiger partial charge is 0.494 e. The fourth-order valence-electron chi connectivity index (χ4n) is 2.72. The highest BCUT2D eigenvalue weighted by Gasteiger charge is 2.40. The number of rotatable bonds is 6. The quantitative estimate of drug-likeness (QED) is 0.785. The number of hydrogen-bond donors (Lipinski definition) is 1. The number of imide groups is 1. The van der Waals surface area contributed by atoms with E-state index in [1.807, 2.05) is 6.92 Å². The van der Waals surface area contributed by atoms with E-state index >= 15 is 0 Å². The Morgan fingerprint density at radius 3 is 2.54 bits per heavy atom. The molecule has 0 saturated carbocycles. The number of ether oxygens (including phenoxy) is 1. The standard InChI is InChI=1S/C19H17NO5S/c1-2-25-13-9-7-12(8-10-13)20-17(21)11-16(18(20)22)26-15-6-4-3-5-14(15)19(23)24/h3-10,16H,2,11H2,1H3,(H,23,24)/t16-/m1/s1. The van der Waals surface area contributed by atoms with Crippen molar-refractivity contribution in [1.82, 2.24) is 0 Å². The van der Waals surface area contributed by atoms with Crippen molar-refractivity contribution in [2.45, 2.75) is 23.5 Å². The molecular formula is C19H17NO5S.